The SMILES string of the molecule is Cc1c(N)cccc1Oc1ccc(C#N)cc1F. The van der Waals surface area contributed by atoms with Crippen LogP contribution in [0.1, 0.15) is 11.1 Å². The molecule has 90 valence electrons. The van der Waals surface area contributed by atoms with Gasteiger partial charge in [-0.25, -0.2) is 4.39 Å². The zero-order chi connectivity index (χ0) is 13.1. The number of nitrogens with two attached hydrogens (primary N) is 1. The highest BCUT2D eigenvalue weighted by Gasteiger charge is 2.08. The Morgan fingerprint density at radius 2 is 2.00 bits per heavy atom. The Morgan fingerprint density at radius 1 is 1.22 bits per heavy atom. The van der Waals surface area contributed by atoms with Gasteiger partial charge >= 0.3 is 0 Å². The number of hydrogen-bond acceptors (Lipinski definition) is 3. The Kier molecular flexibility index (Phi) is 3.16. The normalized spacial score (nSPS) is 9.83. The van der Waals surface area contributed by atoms with Crippen LogP contribution in [-0.2, 0) is 0 Å². The zero-order valence-corrected chi connectivity index (χ0v) is 9.77. The molecule has 0 unspecified atom stereocenters. The molecule has 0 saturated heterocycles. The van der Waals surface area contributed by atoms with Crippen molar-refractivity contribution in [1.29, 1.82) is 5.26 Å². The van der Waals surface area contributed by atoms with Gasteiger partial charge in [0.1, 0.15) is 5.75 Å². The van der Waals surface area contributed by atoms with Crippen LogP contribution >= 0.6 is 0 Å². The minimum atomic E-state index is -0.573. The summed E-state index contributed by atoms with van der Waals surface area (Å²) in [6.07, 6.45) is 0. The van der Waals surface area contributed by atoms with E-state index in [2.05, 4.69) is 0 Å². The number of benzene rings is 2. The minimum absolute atomic E-state index is 0.0719. The third-order valence-electron chi connectivity index (χ3n) is 2.61. The van der Waals surface area contributed by atoms with Crippen molar-refractivity contribution in [2.24, 2.45) is 0 Å². The third kappa shape index (κ3) is 2.25. The molecule has 2 aromatic carbocycles. The largest absolute Gasteiger partial charge is 0.454 e. The molecule has 0 aliphatic rings. The topological polar surface area (TPSA) is 59.0 Å². The molecule has 3 nitrogen and oxygen atoms in total. The van der Waals surface area contributed by atoms with Crippen LogP contribution in [0.2, 0.25) is 0 Å². The molecule has 0 aliphatic heterocycles. The van der Waals surface area contributed by atoms with E-state index >= 15 is 0 Å². The zero-order valence-electron chi connectivity index (χ0n) is 9.77. The molecule has 2 aromatic rings. The predicted octanol–water partition coefficient (Wildman–Crippen LogP) is 3.38. The monoisotopic (exact) mass is 242 g/mol. The summed E-state index contributed by atoms with van der Waals surface area (Å²) in [5, 5.41) is 8.65. The third-order valence-corrected chi connectivity index (χ3v) is 2.61. The van der Waals surface area contributed by atoms with Crippen LogP contribution in [0.5, 0.6) is 11.5 Å². The van der Waals surface area contributed by atoms with E-state index in [4.69, 9.17) is 15.7 Å². The van der Waals surface area contributed by atoms with Crippen molar-refractivity contribution in [2.45, 2.75) is 6.92 Å². The number of anilines is 1. The summed E-state index contributed by atoms with van der Waals surface area (Å²) in [5.41, 5.74) is 7.33. The first-order valence-corrected chi connectivity index (χ1v) is 5.34. The van der Waals surface area contributed by atoms with Gasteiger partial charge in [-0.1, -0.05) is 6.07 Å². The second-order valence-electron chi connectivity index (χ2n) is 3.83. The molecule has 0 bridgehead atoms. The Balaban J connectivity index is 2.35. The van der Waals surface area contributed by atoms with Crippen molar-refractivity contribution in [1.82, 2.24) is 0 Å². The lowest BCUT2D eigenvalue weighted by atomic mass is 10.2. The molecule has 0 aromatic heterocycles. The number of ether oxygens (including phenoxy) is 1. The highest BCUT2D eigenvalue weighted by molar-refractivity contribution is 5.54. The summed E-state index contributed by atoms with van der Waals surface area (Å²) in [7, 11) is 0. The Bertz CT molecular complexity index is 632. The average Bonchev–Trinajstić information content (AvgIpc) is 2.37. The summed E-state index contributed by atoms with van der Waals surface area (Å²) in [6, 6.07) is 11.1. The number of hydrogen-bond donors (Lipinski definition) is 1. The number of nitriles is 1. The van der Waals surface area contributed by atoms with E-state index in [0.717, 1.165) is 11.6 Å². The van der Waals surface area contributed by atoms with Crippen LogP contribution in [0, 0.1) is 24.1 Å². The highest BCUT2D eigenvalue weighted by Crippen LogP contribution is 2.30. The molecule has 4 heteroatoms. The van der Waals surface area contributed by atoms with Crippen molar-refractivity contribution >= 4 is 5.69 Å². The van der Waals surface area contributed by atoms with E-state index in [1.165, 1.54) is 12.1 Å². The number of rotatable bonds is 2. The van der Waals surface area contributed by atoms with Crippen molar-refractivity contribution in [2.75, 3.05) is 5.73 Å². The summed E-state index contributed by atoms with van der Waals surface area (Å²) in [6.45, 7) is 1.80. The lowest BCUT2D eigenvalue weighted by Gasteiger charge is -2.10. The lowest BCUT2D eigenvalue weighted by Crippen LogP contribution is -1.95. The van der Waals surface area contributed by atoms with Crippen molar-refractivity contribution in [3.05, 3.63) is 53.3 Å². The first-order chi connectivity index (χ1) is 8.61. The van der Waals surface area contributed by atoms with Crippen molar-refractivity contribution in [3.63, 3.8) is 0 Å². The van der Waals surface area contributed by atoms with Gasteiger partial charge in [-0.2, -0.15) is 5.26 Å². The van der Waals surface area contributed by atoms with Gasteiger partial charge < -0.3 is 10.5 Å². The van der Waals surface area contributed by atoms with Gasteiger partial charge in [0, 0.05) is 11.3 Å². The fraction of sp³-hybridized carbons (Fsp3) is 0.0714. The van der Waals surface area contributed by atoms with E-state index in [1.54, 1.807) is 25.1 Å². The molecular formula is C14H11FN2O. The van der Waals surface area contributed by atoms with Crippen LogP contribution in [0.3, 0.4) is 0 Å². The van der Waals surface area contributed by atoms with Gasteiger partial charge in [0.05, 0.1) is 11.6 Å². The summed E-state index contributed by atoms with van der Waals surface area (Å²) >= 11 is 0. The van der Waals surface area contributed by atoms with Gasteiger partial charge in [0.2, 0.25) is 0 Å². The Labute approximate surface area is 104 Å². The quantitative estimate of drug-likeness (QED) is 0.821. The standard InChI is InChI=1S/C14H11FN2O/c1-9-12(17)3-2-4-13(9)18-14-6-5-10(8-16)7-11(14)15/h2-7H,17H2,1H3. The second-order valence-corrected chi connectivity index (χ2v) is 3.83. The van der Waals surface area contributed by atoms with Crippen LogP contribution in [-0.4, -0.2) is 0 Å². The summed E-state index contributed by atoms with van der Waals surface area (Å²) in [5.74, 6) is -0.00261. The smallest absolute Gasteiger partial charge is 0.167 e. The van der Waals surface area contributed by atoms with E-state index in [0.29, 0.717) is 11.4 Å². The molecule has 2 N–H and O–H groups in total. The maximum absolute atomic E-state index is 13.6. The number of halogens is 1. The van der Waals surface area contributed by atoms with Crippen molar-refractivity contribution in [3.8, 4) is 17.6 Å². The van der Waals surface area contributed by atoms with E-state index in [9.17, 15) is 4.39 Å². The van der Waals surface area contributed by atoms with E-state index < -0.39 is 5.82 Å². The Hall–Kier alpha value is -2.54. The molecular weight excluding hydrogens is 231 g/mol. The van der Waals surface area contributed by atoms with Crippen LogP contribution < -0.4 is 10.5 Å². The predicted molar refractivity (Wildman–Crippen MR) is 66.8 cm³/mol. The van der Waals surface area contributed by atoms with Crippen LogP contribution in [0.4, 0.5) is 10.1 Å². The number of nitrogen functional groups attached to an aromatic ring is 1. The maximum Gasteiger partial charge on any atom is 0.167 e. The molecule has 18 heavy (non-hydrogen) atoms. The molecule has 0 aliphatic carbocycles. The molecule has 0 amide bonds. The van der Waals surface area contributed by atoms with E-state index in [-0.39, 0.29) is 11.3 Å². The van der Waals surface area contributed by atoms with Gasteiger partial charge in [-0.05, 0) is 37.3 Å². The fourth-order valence-corrected chi connectivity index (χ4v) is 1.51. The molecule has 0 heterocycles. The maximum atomic E-state index is 13.6. The molecule has 2 rings (SSSR count). The minimum Gasteiger partial charge on any atom is -0.454 e. The van der Waals surface area contributed by atoms with Gasteiger partial charge in [0.25, 0.3) is 0 Å². The highest BCUT2D eigenvalue weighted by atomic mass is 19.1. The molecule has 0 atom stereocenters. The van der Waals surface area contributed by atoms with Crippen LogP contribution in [0.25, 0.3) is 0 Å². The van der Waals surface area contributed by atoms with Crippen molar-refractivity contribution < 1.29 is 9.13 Å². The van der Waals surface area contributed by atoms with E-state index in [1.807, 2.05) is 6.07 Å². The molecule has 0 spiro atoms. The molecule has 0 fully saturated rings. The number of nitrogens with zero attached hydrogens (tertiary/aromatic N) is 1. The molecule has 0 radical (unpaired) electrons. The molecule has 0 saturated carbocycles. The first kappa shape index (κ1) is 11.9. The average molecular weight is 242 g/mol. The Morgan fingerprint density at radius 3 is 2.67 bits per heavy atom. The van der Waals surface area contributed by atoms with Crippen LogP contribution in [0.15, 0.2) is 36.4 Å². The van der Waals surface area contributed by atoms with Gasteiger partial charge in [0.15, 0.2) is 11.6 Å². The summed E-state index contributed by atoms with van der Waals surface area (Å²) in [4.78, 5) is 0. The van der Waals surface area contributed by atoms with Gasteiger partial charge in [-0.15, -0.1) is 0 Å². The summed E-state index contributed by atoms with van der Waals surface area (Å²) < 4.78 is 19.1. The second kappa shape index (κ2) is 4.76. The first-order valence-electron chi connectivity index (χ1n) is 5.34. The van der Waals surface area contributed by atoms with Gasteiger partial charge in [-0.3, -0.25) is 0 Å². The lowest BCUT2D eigenvalue weighted by molar-refractivity contribution is 0.440. The fourth-order valence-electron chi connectivity index (χ4n) is 1.51.